The van der Waals surface area contributed by atoms with Crippen molar-refractivity contribution in [2.75, 3.05) is 18.6 Å². The molecule has 3 atom stereocenters. The van der Waals surface area contributed by atoms with Crippen LogP contribution in [-0.2, 0) is 4.74 Å². The van der Waals surface area contributed by atoms with Gasteiger partial charge in [-0.2, -0.15) is 0 Å². The van der Waals surface area contributed by atoms with Crippen molar-refractivity contribution >= 4 is 5.82 Å². The zero-order chi connectivity index (χ0) is 16.9. The van der Waals surface area contributed by atoms with Crippen molar-refractivity contribution in [1.82, 2.24) is 15.0 Å². The molecule has 24 heavy (non-hydrogen) atoms. The average molecular weight is 324 g/mol. The second-order valence-corrected chi connectivity index (χ2v) is 7.55. The van der Waals surface area contributed by atoms with Gasteiger partial charge in [0.2, 0.25) is 0 Å². The van der Waals surface area contributed by atoms with Crippen molar-refractivity contribution in [3.8, 4) is 11.4 Å². The van der Waals surface area contributed by atoms with Gasteiger partial charge in [0.1, 0.15) is 5.82 Å². The number of aryl methyl sites for hydroxylation is 1. The zero-order valence-electron chi connectivity index (χ0n) is 14.7. The van der Waals surface area contributed by atoms with Crippen LogP contribution in [0.3, 0.4) is 0 Å². The van der Waals surface area contributed by atoms with Crippen molar-refractivity contribution in [3.63, 3.8) is 0 Å². The number of hydrogen-bond acceptors (Lipinski definition) is 5. The number of nitrogens with zero attached hydrogens (tertiary/aromatic N) is 4. The number of anilines is 1. The van der Waals surface area contributed by atoms with Crippen LogP contribution in [0.2, 0.25) is 0 Å². The molecule has 1 saturated heterocycles. The summed E-state index contributed by atoms with van der Waals surface area (Å²) in [5.41, 5.74) is 2.12. The molecule has 0 aromatic carbocycles. The topological polar surface area (TPSA) is 51.1 Å². The van der Waals surface area contributed by atoms with Gasteiger partial charge in [0.05, 0.1) is 6.10 Å². The van der Waals surface area contributed by atoms with Gasteiger partial charge in [-0.15, -0.1) is 0 Å². The van der Waals surface area contributed by atoms with Crippen LogP contribution in [0.1, 0.15) is 26.0 Å². The Bertz CT molecular complexity index is 746. The zero-order valence-corrected chi connectivity index (χ0v) is 14.7. The van der Waals surface area contributed by atoms with E-state index in [1.807, 2.05) is 19.1 Å². The van der Waals surface area contributed by atoms with Crippen LogP contribution in [0.15, 0.2) is 30.6 Å². The van der Waals surface area contributed by atoms with Crippen LogP contribution < -0.4 is 4.90 Å². The van der Waals surface area contributed by atoms with Crippen molar-refractivity contribution in [1.29, 1.82) is 0 Å². The fraction of sp³-hybridized carbons (Fsp3) is 0.526. The van der Waals surface area contributed by atoms with Crippen LogP contribution in [0.5, 0.6) is 0 Å². The third kappa shape index (κ3) is 2.30. The Morgan fingerprint density at radius 2 is 1.96 bits per heavy atom. The maximum atomic E-state index is 5.93. The molecule has 0 unspecified atom stereocenters. The van der Waals surface area contributed by atoms with E-state index in [0.29, 0.717) is 18.1 Å². The molecule has 2 aromatic heterocycles. The van der Waals surface area contributed by atoms with E-state index < -0.39 is 0 Å². The molecule has 2 aliphatic rings. The first-order valence-corrected chi connectivity index (χ1v) is 8.59. The van der Waals surface area contributed by atoms with Crippen LogP contribution in [0.25, 0.3) is 11.4 Å². The maximum Gasteiger partial charge on any atom is 0.161 e. The van der Waals surface area contributed by atoms with Crippen molar-refractivity contribution < 1.29 is 4.74 Å². The summed E-state index contributed by atoms with van der Waals surface area (Å²) in [5.74, 6) is 2.35. The van der Waals surface area contributed by atoms with Crippen LogP contribution in [0, 0.1) is 18.3 Å². The third-order valence-corrected chi connectivity index (χ3v) is 5.60. The first-order valence-electron chi connectivity index (χ1n) is 8.59. The van der Waals surface area contributed by atoms with Crippen molar-refractivity contribution in [3.05, 3.63) is 36.3 Å². The molecule has 0 radical (unpaired) electrons. The SMILES string of the molecule is Cc1cc(N(C)[C@@H]2[C@H]3CCO[C@@H]3C2(C)C)nc(-c2ccncc2)n1. The Hall–Kier alpha value is -2.01. The highest BCUT2D eigenvalue weighted by molar-refractivity contribution is 5.57. The second kappa shape index (κ2) is 5.52. The summed E-state index contributed by atoms with van der Waals surface area (Å²) in [7, 11) is 2.15. The van der Waals surface area contributed by atoms with Gasteiger partial charge in [-0.3, -0.25) is 4.98 Å². The van der Waals surface area contributed by atoms with E-state index in [-0.39, 0.29) is 5.41 Å². The monoisotopic (exact) mass is 324 g/mol. The smallest absolute Gasteiger partial charge is 0.161 e. The Kier molecular flexibility index (Phi) is 3.57. The van der Waals surface area contributed by atoms with Gasteiger partial charge in [0, 0.05) is 60.7 Å². The molecule has 5 heteroatoms. The van der Waals surface area contributed by atoms with Gasteiger partial charge in [-0.05, 0) is 25.5 Å². The summed E-state index contributed by atoms with van der Waals surface area (Å²) in [6.07, 6.45) is 5.08. The first-order chi connectivity index (χ1) is 11.5. The molecule has 5 nitrogen and oxygen atoms in total. The molecule has 126 valence electrons. The Morgan fingerprint density at radius 1 is 1.21 bits per heavy atom. The minimum Gasteiger partial charge on any atom is -0.377 e. The van der Waals surface area contributed by atoms with Crippen LogP contribution >= 0.6 is 0 Å². The van der Waals surface area contributed by atoms with E-state index in [1.165, 1.54) is 0 Å². The Balaban J connectivity index is 1.68. The summed E-state index contributed by atoms with van der Waals surface area (Å²) in [4.78, 5) is 15.8. The van der Waals surface area contributed by atoms with Gasteiger partial charge in [-0.25, -0.2) is 9.97 Å². The number of pyridine rings is 1. The lowest BCUT2D eigenvalue weighted by Crippen LogP contribution is -2.66. The van der Waals surface area contributed by atoms with Crippen LogP contribution in [-0.4, -0.2) is 40.8 Å². The molecule has 0 N–H and O–H groups in total. The molecule has 0 spiro atoms. The average Bonchev–Trinajstić information content (AvgIpc) is 3.01. The number of fused-ring (bicyclic) bond motifs is 1. The highest BCUT2D eigenvalue weighted by Gasteiger charge is 2.61. The third-order valence-electron chi connectivity index (χ3n) is 5.60. The molecular formula is C19H24N4O. The summed E-state index contributed by atoms with van der Waals surface area (Å²) in [5, 5.41) is 0. The number of aromatic nitrogens is 3. The molecule has 0 bridgehead atoms. The van der Waals surface area contributed by atoms with Gasteiger partial charge < -0.3 is 9.64 Å². The van der Waals surface area contributed by atoms with Crippen molar-refractivity contribution in [2.45, 2.75) is 39.3 Å². The largest absolute Gasteiger partial charge is 0.377 e. The maximum absolute atomic E-state index is 5.93. The lowest BCUT2D eigenvalue weighted by atomic mass is 9.57. The van der Waals surface area contributed by atoms with Gasteiger partial charge >= 0.3 is 0 Å². The van der Waals surface area contributed by atoms with Crippen LogP contribution in [0.4, 0.5) is 5.82 Å². The molecule has 3 heterocycles. The van der Waals surface area contributed by atoms with Gasteiger partial charge in [0.25, 0.3) is 0 Å². The summed E-state index contributed by atoms with van der Waals surface area (Å²) >= 11 is 0. The molecule has 1 aliphatic carbocycles. The molecule has 0 amide bonds. The van der Waals surface area contributed by atoms with E-state index in [2.05, 4.69) is 41.8 Å². The molecule has 2 fully saturated rings. The number of ether oxygens (including phenoxy) is 1. The Morgan fingerprint density at radius 3 is 2.71 bits per heavy atom. The number of hydrogen-bond donors (Lipinski definition) is 0. The minimum absolute atomic E-state index is 0.144. The molecular weight excluding hydrogens is 300 g/mol. The predicted octanol–water partition coefficient (Wildman–Crippen LogP) is 3.10. The molecule has 1 saturated carbocycles. The minimum atomic E-state index is 0.144. The van der Waals surface area contributed by atoms with E-state index in [1.54, 1.807) is 12.4 Å². The van der Waals surface area contributed by atoms with E-state index in [4.69, 9.17) is 9.72 Å². The molecule has 1 aliphatic heterocycles. The van der Waals surface area contributed by atoms with Crippen molar-refractivity contribution in [2.24, 2.45) is 11.3 Å². The highest BCUT2D eigenvalue weighted by atomic mass is 16.5. The molecule has 2 aromatic rings. The normalized spacial score (nSPS) is 27.4. The summed E-state index contributed by atoms with van der Waals surface area (Å²) in [6, 6.07) is 6.42. The van der Waals surface area contributed by atoms with E-state index >= 15 is 0 Å². The van der Waals surface area contributed by atoms with E-state index in [0.717, 1.165) is 35.9 Å². The summed E-state index contributed by atoms with van der Waals surface area (Å²) < 4.78 is 5.93. The van der Waals surface area contributed by atoms with Gasteiger partial charge in [-0.1, -0.05) is 13.8 Å². The fourth-order valence-electron chi connectivity index (χ4n) is 4.59. The lowest BCUT2D eigenvalue weighted by Gasteiger charge is -2.58. The summed E-state index contributed by atoms with van der Waals surface area (Å²) in [6.45, 7) is 7.52. The first kappa shape index (κ1) is 15.5. The second-order valence-electron chi connectivity index (χ2n) is 7.55. The van der Waals surface area contributed by atoms with E-state index in [9.17, 15) is 0 Å². The highest BCUT2D eigenvalue weighted by Crippen LogP contribution is 2.54. The quantitative estimate of drug-likeness (QED) is 0.868. The standard InChI is InChI=1S/C19H24N4O/c1-12-11-15(22-18(21-12)13-5-8-20-9-6-13)23(4)16-14-7-10-24-17(14)19(16,2)3/h5-6,8-9,11,14,16-17H,7,10H2,1-4H3/t14-,16-,17+/m1/s1. The predicted molar refractivity (Wildman–Crippen MR) is 93.8 cm³/mol. The number of rotatable bonds is 3. The van der Waals surface area contributed by atoms with Gasteiger partial charge in [0.15, 0.2) is 5.82 Å². The molecule has 4 rings (SSSR count). The lowest BCUT2D eigenvalue weighted by molar-refractivity contribution is -0.101. The fourth-order valence-corrected chi connectivity index (χ4v) is 4.59. The Labute approximate surface area is 143 Å².